The number of carbonyl (C=O) groups is 1. The molecule has 0 saturated carbocycles. The highest BCUT2D eigenvalue weighted by Gasteiger charge is 2.01. The molecule has 1 aromatic carbocycles. The number of rotatable bonds is 3. The quantitative estimate of drug-likeness (QED) is 0.564. The molecule has 0 heterocycles. The number of hydrogen-bond donors (Lipinski definition) is 0. The Kier molecular flexibility index (Phi) is 3.72. The van der Waals surface area contributed by atoms with Gasteiger partial charge in [0.05, 0.1) is 0 Å². The Bertz CT molecular complexity index is 358. The van der Waals surface area contributed by atoms with Crippen LogP contribution in [-0.2, 0) is 0 Å². The minimum atomic E-state index is -0.0406. The molecule has 14 heavy (non-hydrogen) atoms. The molecule has 0 bridgehead atoms. The van der Waals surface area contributed by atoms with E-state index in [1.165, 1.54) is 6.08 Å². The SMILES string of the molecule is CN(C)C=CC(=O)c1cccc(Cl)c1. The van der Waals surface area contributed by atoms with Gasteiger partial charge >= 0.3 is 0 Å². The highest BCUT2D eigenvalue weighted by atomic mass is 35.5. The van der Waals surface area contributed by atoms with E-state index in [0.717, 1.165) is 0 Å². The maximum Gasteiger partial charge on any atom is 0.187 e. The molecule has 0 aliphatic carbocycles. The molecule has 0 atom stereocenters. The van der Waals surface area contributed by atoms with Gasteiger partial charge in [-0.1, -0.05) is 23.7 Å². The Hall–Kier alpha value is -1.28. The second kappa shape index (κ2) is 4.82. The van der Waals surface area contributed by atoms with Crippen LogP contribution in [0.1, 0.15) is 10.4 Å². The average molecular weight is 210 g/mol. The lowest BCUT2D eigenvalue weighted by atomic mass is 10.1. The standard InChI is InChI=1S/C11H12ClNO/c1-13(2)7-6-11(14)9-4-3-5-10(12)8-9/h3-8H,1-2H3. The minimum Gasteiger partial charge on any atom is -0.383 e. The lowest BCUT2D eigenvalue weighted by molar-refractivity contribution is 0.104. The first-order valence-electron chi connectivity index (χ1n) is 4.24. The van der Waals surface area contributed by atoms with Crippen molar-refractivity contribution in [2.24, 2.45) is 0 Å². The molecular formula is C11H12ClNO. The highest BCUT2D eigenvalue weighted by Crippen LogP contribution is 2.11. The van der Waals surface area contributed by atoms with Gasteiger partial charge in [0, 0.05) is 37.0 Å². The van der Waals surface area contributed by atoms with E-state index in [1.807, 2.05) is 19.0 Å². The van der Waals surface area contributed by atoms with Gasteiger partial charge in [-0.25, -0.2) is 0 Å². The molecule has 0 aliphatic rings. The topological polar surface area (TPSA) is 20.3 Å². The summed E-state index contributed by atoms with van der Waals surface area (Å²) in [7, 11) is 3.73. The fourth-order valence-electron chi connectivity index (χ4n) is 0.955. The van der Waals surface area contributed by atoms with Crippen LogP contribution in [0.4, 0.5) is 0 Å². The van der Waals surface area contributed by atoms with Gasteiger partial charge in [-0.2, -0.15) is 0 Å². The molecule has 3 heteroatoms. The summed E-state index contributed by atoms with van der Waals surface area (Å²) < 4.78 is 0. The number of halogens is 1. The van der Waals surface area contributed by atoms with E-state index < -0.39 is 0 Å². The van der Waals surface area contributed by atoms with Gasteiger partial charge in [0.15, 0.2) is 5.78 Å². The summed E-state index contributed by atoms with van der Waals surface area (Å²) in [5.41, 5.74) is 0.607. The molecule has 0 unspecified atom stereocenters. The van der Waals surface area contributed by atoms with Gasteiger partial charge < -0.3 is 4.90 Å². The first-order valence-corrected chi connectivity index (χ1v) is 4.62. The molecule has 0 saturated heterocycles. The maximum absolute atomic E-state index is 11.5. The normalized spacial score (nSPS) is 10.5. The van der Waals surface area contributed by atoms with E-state index >= 15 is 0 Å². The molecule has 0 radical (unpaired) electrons. The van der Waals surface area contributed by atoms with Crippen LogP contribution in [0.3, 0.4) is 0 Å². The van der Waals surface area contributed by atoms with Crippen molar-refractivity contribution in [3.63, 3.8) is 0 Å². The number of carbonyl (C=O) groups excluding carboxylic acids is 1. The summed E-state index contributed by atoms with van der Waals surface area (Å²) in [4.78, 5) is 13.3. The van der Waals surface area contributed by atoms with Crippen molar-refractivity contribution in [2.75, 3.05) is 14.1 Å². The molecule has 0 amide bonds. The summed E-state index contributed by atoms with van der Waals surface area (Å²) >= 11 is 5.76. The van der Waals surface area contributed by atoms with Crippen LogP contribution >= 0.6 is 11.6 Å². The van der Waals surface area contributed by atoms with Gasteiger partial charge in [0.25, 0.3) is 0 Å². The molecule has 0 spiro atoms. The predicted octanol–water partition coefficient (Wildman–Crippen LogP) is 2.60. The Balaban J connectivity index is 2.80. The summed E-state index contributed by atoms with van der Waals surface area (Å²) in [6.45, 7) is 0. The Morgan fingerprint density at radius 3 is 2.71 bits per heavy atom. The molecule has 0 aromatic heterocycles. The van der Waals surface area contributed by atoms with Crippen LogP contribution in [-0.4, -0.2) is 24.8 Å². The highest BCUT2D eigenvalue weighted by molar-refractivity contribution is 6.31. The van der Waals surface area contributed by atoms with Crippen LogP contribution < -0.4 is 0 Å². The fraction of sp³-hybridized carbons (Fsp3) is 0.182. The second-order valence-corrected chi connectivity index (χ2v) is 3.59. The molecule has 0 fully saturated rings. The molecule has 74 valence electrons. The molecular weight excluding hydrogens is 198 g/mol. The van der Waals surface area contributed by atoms with Crippen LogP contribution in [0.15, 0.2) is 36.5 Å². The Morgan fingerprint density at radius 1 is 1.43 bits per heavy atom. The summed E-state index contributed by atoms with van der Waals surface area (Å²) in [5, 5.41) is 0.578. The Morgan fingerprint density at radius 2 is 2.14 bits per heavy atom. The third-order valence-electron chi connectivity index (χ3n) is 1.63. The first-order chi connectivity index (χ1) is 6.59. The zero-order valence-corrected chi connectivity index (χ0v) is 8.95. The zero-order valence-electron chi connectivity index (χ0n) is 8.20. The van der Waals surface area contributed by atoms with Crippen LogP contribution in [0.2, 0.25) is 5.02 Å². The van der Waals surface area contributed by atoms with Gasteiger partial charge in [-0.15, -0.1) is 0 Å². The van der Waals surface area contributed by atoms with E-state index in [4.69, 9.17) is 11.6 Å². The van der Waals surface area contributed by atoms with E-state index in [2.05, 4.69) is 0 Å². The Labute approximate surface area is 88.8 Å². The van der Waals surface area contributed by atoms with Gasteiger partial charge in [0.2, 0.25) is 0 Å². The first kappa shape index (κ1) is 10.8. The molecule has 0 N–H and O–H groups in total. The molecule has 0 aliphatic heterocycles. The number of allylic oxidation sites excluding steroid dienone is 1. The number of benzene rings is 1. The molecule has 1 aromatic rings. The minimum absolute atomic E-state index is 0.0406. The van der Waals surface area contributed by atoms with Crippen molar-refractivity contribution in [3.8, 4) is 0 Å². The van der Waals surface area contributed by atoms with Crippen molar-refractivity contribution in [1.29, 1.82) is 0 Å². The third-order valence-corrected chi connectivity index (χ3v) is 1.87. The van der Waals surface area contributed by atoms with Crippen LogP contribution in [0.25, 0.3) is 0 Å². The van der Waals surface area contributed by atoms with Crippen LogP contribution in [0, 0.1) is 0 Å². The molecule has 2 nitrogen and oxygen atoms in total. The molecule has 1 rings (SSSR count). The van der Waals surface area contributed by atoms with Crippen LogP contribution in [0.5, 0.6) is 0 Å². The van der Waals surface area contributed by atoms with E-state index in [0.29, 0.717) is 10.6 Å². The fourth-order valence-corrected chi connectivity index (χ4v) is 1.15. The van der Waals surface area contributed by atoms with Gasteiger partial charge in [0.1, 0.15) is 0 Å². The largest absolute Gasteiger partial charge is 0.383 e. The van der Waals surface area contributed by atoms with Gasteiger partial charge in [-0.3, -0.25) is 4.79 Å². The van der Waals surface area contributed by atoms with E-state index in [-0.39, 0.29) is 5.78 Å². The smallest absolute Gasteiger partial charge is 0.187 e. The lowest BCUT2D eigenvalue weighted by Gasteiger charge is -2.02. The second-order valence-electron chi connectivity index (χ2n) is 3.15. The summed E-state index contributed by atoms with van der Waals surface area (Å²) in [5.74, 6) is -0.0406. The summed E-state index contributed by atoms with van der Waals surface area (Å²) in [6.07, 6.45) is 3.23. The predicted molar refractivity (Wildman–Crippen MR) is 58.6 cm³/mol. The third kappa shape index (κ3) is 3.23. The zero-order chi connectivity index (χ0) is 10.6. The number of ketones is 1. The maximum atomic E-state index is 11.5. The monoisotopic (exact) mass is 209 g/mol. The van der Waals surface area contributed by atoms with E-state index in [9.17, 15) is 4.79 Å². The van der Waals surface area contributed by atoms with Crippen molar-refractivity contribution >= 4 is 17.4 Å². The van der Waals surface area contributed by atoms with Crippen molar-refractivity contribution in [2.45, 2.75) is 0 Å². The van der Waals surface area contributed by atoms with E-state index in [1.54, 1.807) is 30.5 Å². The van der Waals surface area contributed by atoms with Crippen molar-refractivity contribution < 1.29 is 4.79 Å². The average Bonchev–Trinajstić information content (AvgIpc) is 2.14. The number of hydrogen-bond acceptors (Lipinski definition) is 2. The van der Waals surface area contributed by atoms with Gasteiger partial charge in [-0.05, 0) is 12.1 Å². The van der Waals surface area contributed by atoms with Crippen molar-refractivity contribution in [1.82, 2.24) is 4.90 Å². The van der Waals surface area contributed by atoms with Crippen molar-refractivity contribution in [3.05, 3.63) is 47.1 Å². The number of nitrogens with zero attached hydrogens (tertiary/aromatic N) is 1. The lowest BCUT2D eigenvalue weighted by Crippen LogP contribution is -2.03. The summed E-state index contributed by atoms with van der Waals surface area (Å²) in [6, 6.07) is 6.91.